The van der Waals surface area contributed by atoms with Gasteiger partial charge in [0.1, 0.15) is 5.82 Å². The molecule has 2 aromatic heterocycles. The van der Waals surface area contributed by atoms with E-state index in [0.717, 1.165) is 11.3 Å². The monoisotopic (exact) mass is 369 g/mol. The summed E-state index contributed by atoms with van der Waals surface area (Å²) in [5.41, 5.74) is 2.04. The Labute approximate surface area is 156 Å². The molecule has 0 bridgehead atoms. The lowest BCUT2D eigenvalue weighted by atomic mass is 10.1. The fourth-order valence-electron chi connectivity index (χ4n) is 2.74. The average Bonchev–Trinajstić information content (AvgIpc) is 3.12. The number of nitrogens with one attached hydrogen (secondary N) is 1. The zero-order valence-corrected chi connectivity index (χ0v) is 15.1. The van der Waals surface area contributed by atoms with E-state index in [2.05, 4.69) is 20.6 Å². The molecular weight excluding hydrogens is 349 g/mol. The minimum Gasteiger partial charge on any atom is -0.480 e. The molecule has 0 saturated heterocycles. The van der Waals surface area contributed by atoms with Crippen LogP contribution in [0.5, 0.6) is 5.88 Å². The van der Waals surface area contributed by atoms with Gasteiger partial charge in [0.25, 0.3) is 5.91 Å². The second kappa shape index (κ2) is 8.39. The number of hydrogen-bond donors (Lipinski definition) is 1. The van der Waals surface area contributed by atoms with Gasteiger partial charge in [0, 0.05) is 12.6 Å². The largest absolute Gasteiger partial charge is 0.480 e. The van der Waals surface area contributed by atoms with Gasteiger partial charge >= 0.3 is 0 Å². The van der Waals surface area contributed by atoms with E-state index in [4.69, 9.17) is 4.74 Å². The van der Waals surface area contributed by atoms with E-state index < -0.39 is 0 Å². The molecule has 0 radical (unpaired) electrons. The van der Waals surface area contributed by atoms with E-state index in [0.29, 0.717) is 36.6 Å². The zero-order valence-electron chi connectivity index (χ0n) is 15.1. The lowest BCUT2D eigenvalue weighted by Crippen LogP contribution is -2.26. The zero-order chi connectivity index (χ0) is 19.2. The van der Waals surface area contributed by atoms with Crippen molar-refractivity contribution in [3.8, 4) is 11.7 Å². The molecule has 0 aliphatic heterocycles. The summed E-state index contributed by atoms with van der Waals surface area (Å²) in [5.74, 6) is 0.399. The number of methoxy groups -OCH3 is 1. The van der Waals surface area contributed by atoms with Crippen molar-refractivity contribution in [2.24, 2.45) is 0 Å². The second-order valence-electron chi connectivity index (χ2n) is 5.84. The summed E-state index contributed by atoms with van der Waals surface area (Å²) in [6.07, 6.45) is 2.66. The highest BCUT2D eigenvalue weighted by Crippen LogP contribution is 2.15. The van der Waals surface area contributed by atoms with Crippen molar-refractivity contribution in [1.82, 2.24) is 25.3 Å². The van der Waals surface area contributed by atoms with E-state index in [1.165, 1.54) is 25.4 Å². The number of ether oxygens (including phenoxy) is 1. The molecule has 1 amide bonds. The van der Waals surface area contributed by atoms with Crippen LogP contribution < -0.4 is 10.1 Å². The smallest absolute Gasteiger partial charge is 0.254 e. The van der Waals surface area contributed by atoms with Gasteiger partial charge in [-0.1, -0.05) is 19.1 Å². The summed E-state index contributed by atoms with van der Waals surface area (Å²) in [6.45, 7) is 2.34. The Bertz CT molecular complexity index is 924. The van der Waals surface area contributed by atoms with Crippen molar-refractivity contribution in [2.45, 2.75) is 19.8 Å². The van der Waals surface area contributed by atoms with Crippen molar-refractivity contribution < 1.29 is 13.9 Å². The predicted molar refractivity (Wildman–Crippen MR) is 97.5 cm³/mol. The standard InChI is InChI=1S/C19H20FN5O2/c1-3-16-15(12-22-25(16)17-7-8-18(27-2)24-23-17)19(26)21-10-9-13-5-4-6-14(20)11-13/h4-8,11-12H,3,9-10H2,1-2H3,(H,21,26). The molecule has 0 spiro atoms. The van der Waals surface area contributed by atoms with Gasteiger partial charge in [0.15, 0.2) is 5.82 Å². The number of carbonyl (C=O) groups is 1. The van der Waals surface area contributed by atoms with Gasteiger partial charge in [-0.3, -0.25) is 4.79 Å². The third kappa shape index (κ3) is 4.28. The maximum atomic E-state index is 13.2. The van der Waals surface area contributed by atoms with Gasteiger partial charge in [-0.05, 0) is 36.6 Å². The molecular formula is C19H20FN5O2. The molecule has 0 aliphatic rings. The van der Waals surface area contributed by atoms with E-state index in [1.54, 1.807) is 22.9 Å². The first kappa shape index (κ1) is 18.5. The molecule has 7 nitrogen and oxygen atoms in total. The Morgan fingerprint density at radius 2 is 2.11 bits per heavy atom. The van der Waals surface area contributed by atoms with E-state index in [1.807, 2.05) is 13.0 Å². The molecule has 0 atom stereocenters. The highest BCUT2D eigenvalue weighted by Gasteiger charge is 2.17. The first-order valence-electron chi connectivity index (χ1n) is 8.60. The average molecular weight is 369 g/mol. The first-order valence-corrected chi connectivity index (χ1v) is 8.60. The number of carbonyl (C=O) groups excluding carboxylic acids is 1. The van der Waals surface area contributed by atoms with Crippen molar-refractivity contribution in [3.05, 3.63) is 65.2 Å². The van der Waals surface area contributed by atoms with Crippen LogP contribution in [0.3, 0.4) is 0 Å². The lowest BCUT2D eigenvalue weighted by Gasteiger charge is -2.08. The predicted octanol–water partition coefficient (Wildman–Crippen LogP) is 2.34. The van der Waals surface area contributed by atoms with Crippen molar-refractivity contribution in [2.75, 3.05) is 13.7 Å². The molecule has 0 fully saturated rings. The van der Waals surface area contributed by atoms with Gasteiger partial charge < -0.3 is 10.1 Å². The molecule has 140 valence electrons. The molecule has 8 heteroatoms. The van der Waals surface area contributed by atoms with E-state index >= 15 is 0 Å². The van der Waals surface area contributed by atoms with Gasteiger partial charge in [-0.25, -0.2) is 9.07 Å². The maximum Gasteiger partial charge on any atom is 0.254 e. The van der Waals surface area contributed by atoms with Gasteiger partial charge in [-0.2, -0.15) is 5.10 Å². The van der Waals surface area contributed by atoms with Crippen LogP contribution in [0.2, 0.25) is 0 Å². The molecule has 27 heavy (non-hydrogen) atoms. The van der Waals surface area contributed by atoms with Crippen LogP contribution in [0.25, 0.3) is 5.82 Å². The summed E-state index contributed by atoms with van der Waals surface area (Å²) in [4.78, 5) is 12.5. The van der Waals surface area contributed by atoms with Crippen LogP contribution in [0.4, 0.5) is 4.39 Å². The summed E-state index contributed by atoms with van der Waals surface area (Å²) in [6, 6.07) is 9.75. The normalized spacial score (nSPS) is 10.6. The number of aromatic nitrogens is 4. The number of hydrogen-bond acceptors (Lipinski definition) is 5. The van der Waals surface area contributed by atoms with Gasteiger partial charge in [-0.15, -0.1) is 10.2 Å². The van der Waals surface area contributed by atoms with Crippen LogP contribution in [0, 0.1) is 5.82 Å². The molecule has 1 N–H and O–H groups in total. The summed E-state index contributed by atoms with van der Waals surface area (Å²) in [7, 11) is 1.52. The summed E-state index contributed by atoms with van der Waals surface area (Å²) in [5, 5.41) is 15.1. The van der Waals surface area contributed by atoms with E-state index in [-0.39, 0.29) is 11.7 Å². The molecule has 3 rings (SSSR count). The van der Waals surface area contributed by atoms with Crippen molar-refractivity contribution in [3.63, 3.8) is 0 Å². The van der Waals surface area contributed by atoms with Crippen molar-refractivity contribution >= 4 is 5.91 Å². The van der Waals surface area contributed by atoms with Gasteiger partial charge in [0.05, 0.1) is 24.6 Å². The van der Waals surface area contributed by atoms with Crippen LogP contribution >= 0.6 is 0 Å². The highest BCUT2D eigenvalue weighted by molar-refractivity contribution is 5.95. The Morgan fingerprint density at radius 1 is 1.26 bits per heavy atom. The Balaban J connectivity index is 1.70. The quantitative estimate of drug-likeness (QED) is 0.691. The second-order valence-corrected chi connectivity index (χ2v) is 5.84. The lowest BCUT2D eigenvalue weighted by molar-refractivity contribution is 0.0953. The third-order valence-corrected chi connectivity index (χ3v) is 4.09. The fraction of sp³-hybridized carbons (Fsp3) is 0.263. The topological polar surface area (TPSA) is 81.9 Å². The highest BCUT2D eigenvalue weighted by atomic mass is 19.1. The third-order valence-electron chi connectivity index (χ3n) is 4.09. The molecule has 2 heterocycles. The number of halogens is 1. The number of benzene rings is 1. The van der Waals surface area contributed by atoms with Gasteiger partial charge in [0.2, 0.25) is 5.88 Å². The summed E-state index contributed by atoms with van der Waals surface area (Å²) < 4.78 is 19.8. The molecule has 3 aromatic rings. The van der Waals surface area contributed by atoms with Crippen molar-refractivity contribution in [1.29, 1.82) is 0 Å². The number of nitrogens with zero attached hydrogens (tertiary/aromatic N) is 4. The first-order chi connectivity index (χ1) is 13.1. The molecule has 1 aromatic carbocycles. The molecule has 0 saturated carbocycles. The van der Waals surface area contributed by atoms with Crippen LogP contribution in [0.15, 0.2) is 42.6 Å². The Kier molecular flexibility index (Phi) is 5.75. The Morgan fingerprint density at radius 3 is 2.78 bits per heavy atom. The minimum absolute atomic E-state index is 0.226. The summed E-state index contributed by atoms with van der Waals surface area (Å²) >= 11 is 0. The van der Waals surface area contributed by atoms with Crippen LogP contribution in [-0.2, 0) is 12.8 Å². The molecule has 0 unspecified atom stereocenters. The number of amides is 1. The van der Waals surface area contributed by atoms with Crippen LogP contribution in [0.1, 0.15) is 28.5 Å². The SMILES string of the molecule is CCc1c(C(=O)NCCc2cccc(F)c2)cnn1-c1ccc(OC)nn1. The Hall–Kier alpha value is -3.29. The minimum atomic E-state index is -0.283. The van der Waals surface area contributed by atoms with Crippen LogP contribution in [-0.4, -0.2) is 39.5 Å². The maximum absolute atomic E-state index is 13.2. The fourth-order valence-corrected chi connectivity index (χ4v) is 2.74. The van der Waals surface area contributed by atoms with E-state index in [9.17, 15) is 9.18 Å². The number of rotatable bonds is 7. The molecule has 0 aliphatic carbocycles.